The zero-order chi connectivity index (χ0) is 8.57. The molecule has 3 radical (unpaired) electrons. The van der Waals surface area contributed by atoms with E-state index in [4.69, 9.17) is 0 Å². The molecule has 0 aliphatic rings. The van der Waals surface area contributed by atoms with Crippen LogP contribution < -0.4 is 10.2 Å². The molecule has 0 aromatic rings. The predicted octanol–water partition coefficient (Wildman–Crippen LogP) is -2.80. The Labute approximate surface area is 101 Å². The Balaban J connectivity index is -0.000000107. The first-order valence-electron chi connectivity index (χ1n) is 2.94. The zero-order valence-corrected chi connectivity index (χ0v) is 13.6. The molecule has 0 rings (SSSR count). The molecule has 11 heavy (non-hydrogen) atoms. The van der Waals surface area contributed by atoms with Gasteiger partial charge in [-0.25, -0.2) is 0 Å². The van der Waals surface area contributed by atoms with E-state index in [-0.39, 0.29) is 32.7 Å². The minimum atomic E-state index is 0. The molecule has 0 heterocycles. The van der Waals surface area contributed by atoms with Gasteiger partial charge in [-0.1, -0.05) is 0 Å². The van der Waals surface area contributed by atoms with Crippen LogP contribution in [0.4, 0.5) is 0 Å². The van der Waals surface area contributed by atoms with Crippen molar-refractivity contribution in [1.29, 1.82) is 0 Å². The molecular weight excluding hydrogens is 249 g/mol. The van der Waals surface area contributed by atoms with Gasteiger partial charge < -0.3 is 0 Å². The summed E-state index contributed by atoms with van der Waals surface area (Å²) in [5.74, 6) is 0. The van der Waals surface area contributed by atoms with Crippen molar-refractivity contribution in [3.8, 4) is 0 Å². The Hall–Kier alpha value is 1.38. The van der Waals surface area contributed by atoms with Crippen molar-refractivity contribution in [2.45, 2.75) is 0 Å². The van der Waals surface area contributed by atoms with E-state index in [9.17, 15) is 0 Å². The van der Waals surface area contributed by atoms with Gasteiger partial charge >= 0.3 is 0 Å². The summed E-state index contributed by atoms with van der Waals surface area (Å²) in [6.45, 7) is 0. The monoisotopic (exact) mass is 267 g/mol. The first kappa shape index (κ1) is 18.2. The van der Waals surface area contributed by atoms with Crippen LogP contribution in [-0.2, 0) is 32.7 Å². The third kappa shape index (κ3) is 34.6. The summed E-state index contributed by atoms with van der Waals surface area (Å²) in [4.78, 5) is 0. The van der Waals surface area contributed by atoms with E-state index in [1.807, 2.05) is 38.2 Å². The average Bonchev–Trinajstić information content (AvgIpc) is 1.89. The molecule has 0 amide bonds. The van der Waals surface area contributed by atoms with Crippen LogP contribution in [0.2, 0.25) is 0 Å². The summed E-state index contributed by atoms with van der Waals surface area (Å²) >= 11 is 0. The fraction of sp³-hybridized carbons (Fsp3) is 1.00. The van der Waals surface area contributed by atoms with Crippen LogP contribution >= 0.6 is 0 Å². The van der Waals surface area contributed by atoms with E-state index in [0.717, 1.165) is 0 Å². The molecule has 0 spiro atoms. The van der Waals surface area contributed by atoms with Crippen LogP contribution in [0.15, 0.2) is 0 Å². The molecule has 0 bridgehead atoms. The Morgan fingerprint density at radius 3 is 0.909 bits per heavy atom. The summed E-state index contributed by atoms with van der Waals surface area (Å²) in [6, 6.07) is 0. The molecule has 4 nitrogen and oxygen atoms in total. The van der Waals surface area contributed by atoms with E-state index < -0.39 is 0 Å². The first-order valence-corrected chi connectivity index (χ1v) is 4.36. The molecule has 0 unspecified atom stereocenters. The van der Waals surface area contributed by atoms with Gasteiger partial charge in [0.25, 0.3) is 0 Å². The van der Waals surface area contributed by atoms with Crippen LogP contribution in [0, 0.1) is 0 Å². The summed E-state index contributed by atoms with van der Waals surface area (Å²) < 4.78 is 0. The summed E-state index contributed by atoms with van der Waals surface area (Å²) in [6.07, 6.45) is 0. The fourth-order valence-electron chi connectivity index (χ4n) is 0. The molecular formula is C4H18N4Si2Y. The molecule has 7 heteroatoms. The maximum Gasteiger partial charge on any atom is 0.114 e. The van der Waals surface area contributed by atoms with Gasteiger partial charge in [0, 0.05) is 60.9 Å². The summed E-state index contributed by atoms with van der Waals surface area (Å²) in [7, 11) is 11.2. The van der Waals surface area contributed by atoms with Crippen LogP contribution in [0.25, 0.3) is 0 Å². The Kier molecular flexibility index (Phi) is 23.1. The van der Waals surface area contributed by atoms with Crippen molar-refractivity contribution in [2.75, 3.05) is 28.2 Å². The number of hydrogen-bond donors (Lipinski definition) is 2. The maximum absolute atomic E-state index is 2.89. The maximum atomic E-state index is 2.89. The minimum absolute atomic E-state index is 0. The smallest absolute Gasteiger partial charge is 0.114 e. The number of nitrogens with zero attached hydrogens (tertiary/aromatic N) is 2. The standard InChI is InChI=1S/2C2H9N2Si.Y/c2*1-4(2)3-5;/h2*3H,5H2,1-2H3;. The van der Waals surface area contributed by atoms with E-state index >= 15 is 0 Å². The SMILES string of the molecule is CN(C)N[SiH2].CN(C)N[SiH2].[Y]. The van der Waals surface area contributed by atoms with Gasteiger partial charge in [0.2, 0.25) is 0 Å². The third-order valence-electron chi connectivity index (χ3n) is 0.632. The van der Waals surface area contributed by atoms with Crippen LogP contribution in [-0.4, -0.2) is 59.0 Å². The van der Waals surface area contributed by atoms with Crippen LogP contribution in [0.3, 0.4) is 0 Å². The Morgan fingerprint density at radius 2 is 0.909 bits per heavy atom. The van der Waals surface area contributed by atoms with Gasteiger partial charge in [0.1, 0.15) is 20.8 Å². The van der Waals surface area contributed by atoms with Crippen LogP contribution in [0.5, 0.6) is 0 Å². The van der Waals surface area contributed by atoms with Crippen LogP contribution in [0.1, 0.15) is 0 Å². The summed E-state index contributed by atoms with van der Waals surface area (Å²) in [5, 5.41) is 9.55. The largest absolute Gasteiger partial charge is 0.286 e. The minimum Gasteiger partial charge on any atom is -0.286 e. The number of rotatable bonds is 2. The summed E-state index contributed by atoms with van der Waals surface area (Å²) in [5.41, 5.74) is 0. The quantitative estimate of drug-likeness (QED) is 0.418. The van der Waals surface area contributed by atoms with Crippen molar-refractivity contribution in [3.63, 3.8) is 0 Å². The second-order valence-electron chi connectivity index (χ2n) is 2.11. The first-order chi connectivity index (χ1) is 4.54. The van der Waals surface area contributed by atoms with Gasteiger partial charge in [0.15, 0.2) is 0 Å². The molecule has 65 valence electrons. The normalized spacial score (nSPS) is 8.73. The number of hydrazine groups is 2. The van der Waals surface area contributed by atoms with Crippen molar-refractivity contribution < 1.29 is 32.7 Å². The van der Waals surface area contributed by atoms with E-state index in [1.54, 1.807) is 20.8 Å². The molecule has 0 aliphatic carbocycles. The Morgan fingerprint density at radius 1 is 0.818 bits per heavy atom. The van der Waals surface area contributed by atoms with Gasteiger partial charge in [-0.15, -0.1) is 0 Å². The average molecular weight is 267 g/mol. The van der Waals surface area contributed by atoms with E-state index in [2.05, 4.69) is 10.2 Å². The molecule has 0 saturated heterocycles. The topological polar surface area (TPSA) is 30.5 Å². The zero-order valence-electron chi connectivity index (χ0n) is 7.89. The van der Waals surface area contributed by atoms with Gasteiger partial charge in [0.05, 0.1) is 0 Å². The van der Waals surface area contributed by atoms with Crippen molar-refractivity contribution >= 4 is 20.8 Å². The number of hydrogen-bond acceptors (Lipinski definition) is 4. The third-order valence-corrected chi connectivity index (χ3v) is 1.90. The number of nitrogens with one attached hydrogen (secondary N) is 2. The predicted molar refractivity (Wildman–Crippen MR) is 50.7 cm³/mol. The molecule has 0 atom stereocenters. The van der Waals surface area contributed by atoms with Crippen molar-refractivity contribution in [3.05, 3.63) is 0 Å². The molecule has 0 saturated carbocycles. The Bertz CT molecular complexity index is 56.1. The fourth-order valence-corrected chi connectivity index (χ4v) is 0. The molecule has 2 N–H and O–H groups in total. The molecule has 0 aliphatic heterocycles. The van der Waals surface area contributed by atoms with Crippen molar-refractivity contribution in [2.24, 2.45) is 0 Å². The van der Waals surface area contributed by atoms with E-state index in [0.29, 0.717) is 0 Å². The van der Waals surface area contributed by atoms with Crippen molar-refractivity contribution in [1.82, 2.24) is 20.2 Å². The van der Waals surface area contributed by atoms with Gasteiger partial charge in [-0.05, 0) is 0 Å². The molecule has 0 aromatic heterocycles. The second kappa shape index (κ2) is 13.9. The van der Waals surface area contributed by atoms with Gasteiger partial charge in [-0.2, -0.15) is 0 Å². The van der Waals surface area contributed by atoms with E-state index in [1.165, 1.54) is 0 Å². The second-order valence-corrected chi connectivity index (χ2v) is 2.74. The molecule has 0 aromatic carbocycles. The molecule has 0 fully saturated rings. The van der Waals surface area contributed by atoms with Gasteiger partial charge in [-0.3, -0.25) is 20.2 Å².